The SMILES string of the molecule is Cc1ccc(O)c(N=Cc2cc(I)cc(I)c2O)c1. The van der Waals surface area contributed by atoms with Gasteiger partial charge in [-0.15, -0.1) is 0 Å². The smallest absolute Gasteiger partial charge is 0.141 e. The summed E-state index contributed by atoms with van der Waals surface area (Å²) in [6.07, 6.45) is 1.56. The number of phenolic OH excluding ortho intramolecular Hbond substituents is 2. The zero-order valence-electron chi connectivity index (χ0n) is 10.1. The maximum atomic E-state index is 9.96. The topological polar surface area (TPSA) is 52.8 Å². The fourth-order valence-corrected chi connectivity index (χ4v) is 3.45. The van der Waals surface area contributed by atoms with Gasteiger partial charge in [-0.05, 0) is 81.9 Å². The molecule has 0 heterocycles. The molecule has 5 heteroatoms. The normalized spacial score (nSPS) is 11.1. The molecule has 0 aliphatic heterocycles. The van der Waals surface area contributed by atoms with Crippen LogP contribution >= 0.6 is 45.2 Å². The highest BCUT2D eigenvalue weighted by atomic mass is 127. The van der Waals surface area contributed by atoms with Crippen molar-refractivity contribution in [3.8, 4) is 11.5 Å². The summed E-state index contributed by atoms with van der Waals surface area (Å²) in [5.74, 6) is 0.332. The Balaban J connectivity index is 2.40. The van der Waals surface area contributed by atoms with Crippen molar-refractivity contribution in [3.63, 3.8) is 0 Å². The van der Waals surface area contributed by atoms with Gasteiger partial charge in [0.15, 0.2) is 0 Å². The quantitative estimate of drug-likeness (QED) is 0.497. The second-order valence-electron chi connectivity index (χ2n) is 4.08. The third-order valence-corrected chi connectivity index (χ3v) is 3.98. The minimum atomic E-state index is 0.127. The van der Waals surface area contributed by atoms with E-state index >= 15 is 0 Å². The molecule has 3 nitrogen and oxygen atoms in total. The minimum Gasteiger partial charge on any atom is -0.506 e. The van der Waals surface area contributed by atoms with Crippen molar-refractivity contribution in [2.24, 2.45) is 4.99 Å². The molecule has 2 rings (SSSR count). The molecule has 0 atom stereocenters. The van der Waals surface area contributed by atoms with Crippen LogP contribution in [0.4, 0.5) is 5.69 Å². The molecule has 0 saturated carbocycles. The van der Waals surface area contributed by atoms with Crippen LogP contribution in [0.1, 0.15) is 11.1 Å². The van der Waals surface area contributed by atoms with Crippen LogP contribution in [-0.2, 0) is 0 Å². The number of halogens is 2. The fraction of sp³-hybridized carbons (Fsp3) is 0.0714. The van der Waals surface area contributed by atoms with Crippen molar-refractivity contribution in [2.75, 3.05) is 0 Å². The highest BCUT2D eigenvalue weighted by Crippen LogP contribution is 2.29. The molecule has 0 aliphatic carbocycles. The third-order valence-electron chi connectivity index (χ3n) is 2.53. The molecule has 98 valence electrons. The third kappa shape index (κ3) is 3.59. The summed E-state index contributed by atoms with van der Waals surface area (Å²) in [5.41, 5.74) is 2.15. The summed E-state index contributed by atoms with van der Waals surface area (Å²) in [7, 11) is 0. The van der Waals surface area contributed by atoms with Gasteiger partial charge < -0.3 is 10.2 Å². The molecule has 0 aromatic heterocycles. The lowest BCUT2D eigenvalue weighted by atomic mass is 10.2. The van der Waals surface area contributed by atoms with E-state index in [0.29, 0.717) is 11.3 Å². The van der Waals surface area contributed by atoms with E-state index in [0.717, 1.165) is 12.7 Å². The first-order valence-electron chi connectivity index (χ1n) is 5.49. The van der Waals surface area contributed by atoms with Crippen LogP contribution < -0.4 is 0 Å². The van der Waals surface area contributed by atoms with Crippen LogP contribution in [-0.4, -0.2) is 16.4 Å². The lowest BCUT2D eigenvalue weighted by Gasteiger charge is -2.04. The Morgan fingerprint density at radius 2 is 1.84 bits per heavy atom. The number of nitrogens with zero attached hydrogens (tertiary/aromatic N) is 1. The summed E-state index contributed by atoms with van der Waals surface area (Å²) in [4.78, 5) is 4.24. The number of aliphatic imine (C=N–C) groups is 1. The van der Waals surface area contributed by atoms with Gasteiger partial charge in [0, 0.05) is 15.3 Å². The number of aromatic hydroxyl groups is 2. The van der Waals surface area contributed by atoms with Gasteiger partial charge in [-0.3, -0.25) is 4.99 Å². The van der Waals surface area contributed by atoms with Crippen LogP contribution in [0, 0.1) is 14.1 Å². The summed E-state index contributed by atoms with van der Waals surface area (Å²) in [6, 6.07) is 8.95. The Kier molecular flexibility index (Phi) is 4.67. The highest BCUT2D eigenvalue weighted by molar-refractivity contribution is 14.1. The van der Waals surface area contributed by atoms with Gasteiger partial charge in [-0.25, -0.2) is 0 Å². The minimum absolute atomic E-state index is 0.127. The van der Waals surface area contributed by atoms with Crippen molar-refractivity contribution in [3.05, 3.63) is 48.6 Å². The molecule has 0 unspecified atom stereocenters. The Bertz CT molecular complexity index is 654. The molecule has 0 aliphatic rings. The maximum Gasteiger partial charge on any atom is 0.141 e. The largest absolute Gasteiger partial charge is 0.506 e. The first-order chi connectivity index (χ1) is 8.97. The Hall–Kier alpha value is -0.830. The molecule has 2 aromatic carbocycles. The van der Waals surface area contributed by atoms with E-state index in [2.05, 4.69) is 50.2 Å². The predicted octanol–water partition coefficient (Wildman–Crippen LogP) is 4.37. The summed E-state index contributed by atoms with van der Waals surface area (Å²) in [5, 5.41) is 19.7. The first kappa shape index (κ1) is 14.6. The molecule has 2 N–H and O–H groups in total. The van der Waals surface area contributed by atoms with Gasteiger partial charge in [0.2, 0.25) is 0 Å². The number of aryl methyl sites for hydroxylation is 1. The molecule has 0 radical (unpaired) electrons. The molecule has 19 heavy (non-hydrogen) atoms. The summed E-state index contributed by atoms with van der Waals surface area (Å²) in [6.45, 7) is 1.93. The number of hydrogen-bond acceptors (Lipinski definition) is 3. The molecule has 0 fully saturated rings. The number of hydrogen-bond donors (Lipinski definition) is 2. The summed E-state index contributed by atoms with van der Waals surface area (Å²) < 4.78 is 1.80. The van der Waals surface area contributed by atoms with E-state index in [1.165, 1.54) is 0 Å². The Morgan fingerprint density at radius 1 is 1.11 bits per heavy atom. The van der Waals surface area contributed by atoms with Gasteiger partial charge in [-0.2, -0.15) is 0 Å². The van der Waals surface area contributed by atoms with Crippen LogP contribution in [0.5, 0.6) is 11.5 Å². The van der Waals surface area contributed by atoms with Crippen LogP contribution in [0.3, 0.4) is 0 Å². The van der Waals surface area contributed by atoms with Gasteiger partial charge in [0.1, 0.15) is 17.2 Å². The second-order valence-corrected chi connectivity index (χ2v) is 6.48. The summed E-state index contributed by atoms with van der Waals surface area (Å²) >= 11 is 4.26. The van der Waals surface area contributed by atoms with Gasteiger partial charge in [-0.1, -0.05) is 6.07 Å². The molecule has 0 spiro atoms. The average Bonchev–Trinajstić information content (AvgIpc) is 2.35. The monoisotopic (exact) mass is 479 g/mol. The van der Waals surface area contributed by atoms with E-state index in [1.54, 1.807) is 18.3 Å². The van der Waals surface area contributed by atoms with Crippen molar-refractivity contribution >= 4 is 57.1 Å². The predicted molar refractivity (Wildman–Crippen MR) is 93.6 cm³/mol. The van der Waals surface area contributed by atoms with Crippen molar-refractivity contribution in [1.82, 2.24) is 0 Å². The van der Waals surface area contributed by atoms with Gasteiger partial charge >= 0.3 is 0 Å². The molecular formula is C14H11I2NO2. The van der Waals surface area contributed by atoms with Gasteiger partial charge in [0.05, 0.1) is 3.57 Å². The zero-order chi connectivity index (χ0) is 14.0. The maximum absolute atomic E-state index is 9.96. The van der Waals surface area contributed by atoms with E-state index in [1.807, 2.05) is 25.1 Å². The number of benzene rings is 2. The lowest BCUT2D eigenvalue weighted by Crippen LogP contribution is -1.87. The highest BCUT2D eigenvalue weighted by Gasteiger charge is 2.06. The van der Waals surface area contributed by atoms with E-state index in [-0.39, 0.29) is 11.5 Å². The Labute approximate surface area is 138 Å². The number of phenols is 2. The number of rotatable bonds is 2. The van der Waals surface area contributed by atoms with Crippen molar-refractivity contribution in [1.29, 1.82) is 0 Å². The van der Waals surface area contributed by atoms with Crippen LogP contribution in [0.2, 0.25) is 0 Å². The van der Waals surface area contributed by atoms with Gasteiger partial charge in [0.25, 0.3) is 0 Å². The van der Waals surface area contributed by atoms with Crippen LogP contribution in [0.15, 0.2) is 35.3 Å². The lowest BCUT2D eigenvalue weighted by molar-refractivity contribution is 0.470. The standard InChI is InChI=1S/C14H11I2NO2/c1-8-2-3-13(18)12(4-8)17-7-9-5-10(15)6-11(16)14(9)19/h2-7,18-19H,1H3. The van der Waals surface area contributed by atoms with E-state index in [9.17, 15) is 10.2 Å². The molecule has 0 amide bonds. The molecule has 2 aromatic rings. The zero-order valence-corrected chi connectivity index (χ0v) is 14.4. The van der Waals surface area contributed by atoms with E-state index < -0.39 is 0 Å². The van der Waals surface area contributed by atoms with Crippen molar-refractivity contribution in [2.45, 2.75) is 6.92 Å². The second kappa shape index (κ2) is 6.08. The molecule has 0 saturated heterocycles. The molecular weight excluding hydrogens is 468 g/mol. The van der Waals surface area contributed by atoms with E-state index in [4.69, 9.17) is 0 Å². The van der Waals surface area contributed by atoms with Crippen LogP contribution in [0.25, 0.3) is 0 Å². The Morgan fingerprint density at radius 3 is 2.58 bits per heavy atom. The average molecular weight is 479 g/mol. The molecule has 0 bridgehead atoms. The fourth-order valence-electron chi connectivity index (χ4n) is 1.56. The first-order valence-corrected chi connectivity index (χ1v) is 7.65. The van der Waals surface area contributed by atoms with Crippen molar-refractivity contribution < 1.29 is 10.2 Å².